The van der Waals surface area contributed by atoms with E-state index < -0.39 is 10.0 Å². The summed E-state index contributed by atoms with van der Waals surface area (Å²) < 4.78 is 25.6. The van der Waals surface area contributed by atoms with Crippen molar-refractivity contribution in [3.05, 3.63) is 48.3 Å². The lowest BCUT2D eigenvalue weighted by atomic mass is 9.99. The second kappa shape index (κ2) is 7.01. The van der Waals surface area contributed by atoms with Crippen LogP contribution in [-0.2, 0) is 10.0 Å². The fraction of sp³-hybridized carbons (Fsp3) is 0.421. The molecule has 1 aromatic heterocycles. The van der Waals surface area contributed by atoms with Crippen molar-refractivity contribution in [2.24, 2.45) is 0 Å². The van der Waals surface area contributed by atoms with Crippen LogP contribution in [0, 0.1) is 0 Å². The van der Waals surface area contributed by atoms with Crippen molar-refractivity contribution in [1.82, 2.24) is 19.6 Å². The summed E-state index contributed by atoms with van der Waals surface area (Å²) in [5.74, 6) is 0.266. The Bertz CT molecular complexity index is 934. The summed E-state index contributed by atoms with van der Waals surface area (Å²) in [6, 6.07) is 11.0. The summed E-state index contributed by atoms with van der Waals surface area (Å²) in [5.41, 5.74) is 1.17. The van der Waals surface area contributed by atoms with E-state index in [1.54, 1.807) is 16.6 Å². The van der Waals surface area contributed by atoms with Crippen LogP contribution in [0.25, 0.3) is 11.4 Å². The number of nitrogens with zero attached hydrogens (tertiary/aromatic N) is 3. The average molecular weight is 386 g/mol. The minimum atomic E-state index is -3.20. The zero-order valence-electron chi connectivity index (χ0n) is 15.1. The van der Waals surface area contributed by atoms with E-state index in [0.717, 1.165) is 18.4 Å². The number of benzene rings is 1. The van der Waals surface area contributed by atoms with Crippen molar-refractivity contribution in [2.75, 3.05) is 6.26 Å². The normalized spacial score (nSPS) is 25.3. The number of hydrogen-bond donors (Lipinski definition) is 1. The van der Waals surface area contributed by atoms with Gasteiger partial charge < -0.3 is 5.32 Å². The topological polar surface area (TPSA) is 92.3 Å². The van der Waals surface area contributed by atoms with Crippen molar-refractivity contribution in [1.29, 1.82) is 0 Å². The van der Waals surface area contributed by atoms with Crippen LogP contribution in [0.15, 0.2) is 42.6 Å². The van der Waals surface area contributed by atoms with Crippen LogP contribution in [0.4, 0.5) is 0 Å². The first-order valence-corrected chi connectivity index (χ1v) is 10.9. The van der Waals surface area contributed by atoms with Gasteiger partial charge in [-0.3, -0.25) is 4.79 Å². The van der Waals surface area contributed by atoms with E-state index in [4.69, 9.17) is 0 Å². The molecule has 0 saturated carbocycles. The van der Waals surface area contributed by atoms with Gasteiger partial charge in [-0.25, -0.2) is 18.4 Å². The third-order valence-electron chi connectivity index (χ3n) is 5.30. The number of nitrogens with one attached hydrogen (secondary N) is 1. The molecule has 7 nitrogen and oxygen atoms in total. The summed E-state index contributed by atoms with van der Waals surface area (Å²) in [5, 5.41) is 3.04. The molecule has 4 rings (SSSR count). The molecule has 2 bridgehead atoms. The maximum absolute atomic E-state index is 12.7. The average Bonchev–Trinajstić information content (AvgIpc) is 2.95. The molecule has 2 atom stereocenters. The number of carbonyl (C=O) groups excluding carboxylic acids is 1. The van der Waals surface area contributed by atoms with Gasteiger partial charge in [0.25, 0.3) is 5.91 Å². The molecule has 0 spiro atoms. The highest BCUT2D eigenvalue weighted by molar-refractivity contribution is 7.88. The molecule has 1 aromatic carbocycles. The van der Waals surface area contributed by atoms with Gasteiger partial charge >= 0.3 is 0 Å². The standard InChI is InChI=1S/C19H22N4O3S/c1-27(25,26)23-15-7-8-16(23)12-14(11-15)21-19(24)17-9-10-20-18(22-17)13-5-3-2-4-6-13/h2-6,9-10,14-16H,7-8,11-12H2,1H3,(H,21,24). The van der Waals surface area contributed by atoms with Gasteiger partial charge in [-0.2, -0.15) is 4.31 Å². The Morgan fingerprint density at radius 3 is 2.41 bits per heavy atom. The molecule has 2 aliphatic rings. The Morgan fingerprint density at radius 2 is 1.78 bits per heavy atom. The summed E-state index contributed by atoms with van der Waals surface area (Å²) in [6.07, 6.45) is 5.85. The predicted molar refractivity (Wildman–Crippen MR) is 101 cm³/mol. The number of rotatable bonds is 4. The number of carbonyl (C=O) groups is 1. The zero-order valence-corrected chi connectivity index (χ0v) is 15.9. The van der Waals surface area contributed by atoms with E-state index >= 15 is 0 Å². The van der Waals surface area contributed by atoms with E-state index in [1.807, 2.05) is 30.3 Å². The second-order valence-electron chi connectivity index (χ2n) is 7.25. The molecule has 3 heterocycles. The van der Waals surface area contributed by atoms with Crippen molar-refractivity contribution in [3.8, 4) is 11.4 Å². The fourth-order valence-electron chi connectivity index (χ4n) is 4.26. The Balaban J connectivity index is 1.47. The van der Waals surface area contributed by atoms with E-state index in [1.165, 1.54) is 6.26 Å². The maximum Gasteiger partial charge on any atom is 0.270 e. The summed E-state index contributed by atoms with van der Waals surface area (Å²) in [7, 11) is -3.20. The highest BCUT2D eigenvalue weighted by Crippen LogP contribution is 2.37. The van der Waals surface area contributed by atoms with Gasteiger partial charge in [-0.15, -0.1) is 0 Å². The number of sulfonamides is 1. The molecule has 1 N–H and O–H groups in total. The van der Waals surface area contributed by atoms with E-state index in [2.05, 4.69) is 15.3 Å². The smallest absolute Gasteiger partial charge is 0.270 e. The highest BCUT2D eigenvalue weighted by Gasteiger charge is 2.45. The lowest BCUT2D eigenvalue weighted by molar-refractivity contribution is 0.0904. The molecule has 2 aliphatic heterocycles. The lowest BCUT2D eigenvalue weighted by Crippen LogP contribution is -2.52. The highest BCUT2D eigenvalue weighted by atomic mass is 32.2. The maximum atomic E-state index is 12.7. The number of hydrogen-bond acceptors (Lipinski definition) is 5. The van der Waals surface area contributed by atoms with Gasteiger partial charge in [0.1, 0.15) is 5.69 Å². The van der Waals surface area contributed by atoms with Crippen LogP contribution in [0.5, 0.6) is 0 Å². The zero-order chi connectivity index (χ0) is 19.0. The molecular weight excluding hydrogens is 364 g/mol. The molecule has 142 valence electrons. The van der Waals surface area contributed by atoms with Crippen LogP contribution >= 0.6 is 0 Å². The van der Waals surface area contributed by atoms with Crippen LogP contribution in [-0.4, -0.2) is 53.0 Å². The first-order chi connectivity index (χ1) is 12.9. The summed E-state index contributed by atoms with van der Waals surface area (Å²) in [4.78, 5) is 21.3. The molecule has 2 aromatic rings. The molecule has 0 radical (unpaired) electrons. The summed E-state index contributed by atoms with van der Waals surface area (Å²) >= 11 is 0. The van der Waals surface area contributed by atoms with Crippen LogP contribution in [0.2, 0.25) is 0 Å². The second-order valence-corrected chi connectivity index (χ2v) is 9.14. The van der Waals surface area contributed by atoms with Gasteiger partial charge in [0.2, 0.25) is 10.0 Å². The third-order valence-corrected chi connectivity index (χ3v) is 6.67. The number of piperidine rings is 1. The van der Waals surface area contributed by atoms with Crippen LogP contribution in [0.1, 0.15) is 36.2 Å². The van der Waals surface area contributed by atoms with Crippen LogP contribution in [0.3, 0.4) is 0 Å². The third kappa shape index (κ3) is 3.72. The molecule has 1 amide bonds. The Hall–Kier alpha value is -2.32. The molecular formula is C19H22N4O3S. The van der Waals surface area contributed by atoms with Gasteiger partial charge in [0, 0.05) is 29.9 Å². The molecule has 27 heavy (non-hydrogen) atoms. The van der Waals surface area contributed by atoms with Crippen molar-refractivity contribution in [3.63, 3.8) is 0 Å². The fourth-order valence-corrected chi connectivity index (χ4v) is 5.73. The van der Waals surface area contributed by atoms with E-state index in [-0.39, 0.29) is 24.0 Å². The predicted octanol–water partition coefficient (Wildman–Crippen LogP) is 1.83. The number of amides is 1. The van der Waals surface area contributed by atoms with Crippen LogP contribution < -0.4 is 5.32 Å². The van der Waals surface area contributed by atoms with Gasteiger partial charge in [0.15, 0.2) is 5.82 Å². The minimum Gasteiger partial charge on any atom is -0.348 e. The molecule has 2 unspecified atom stereocenters. The summed E-state index contributed by atoms with van der Waals surface area (Å²) in [6.45, 7) is 0. The number of aromatic nitrogens is 2. The van der Waals surface area contributed by atoms with Gasteiger partial charge in [-0.1, -0.05) is 30.3 Å². The molecule has 2 fully saturated rings. The molecule has 2 saturated heterocycles. The monoisotopic (exact) mass is 386 g/mol. The Labute approximate surface area is 158 Å². The largest absolute Gasteiger partial charge is 0.348 e. The van der Waals surface area contributed by atoms with E-state index in [0.29, 0.717) is 24.4 Å². The van der Waals surface area contributed by atoms with E-state index in [9.17, 15) is 13.2 Å². The first-order valence-electron chi connectivity index (χ1n) is 9.09. The van der Waals surface area contributed by atoms with Gasteiger partial charge in [-0.05, 0) is 31.7 Å². The SMILES string of the molecule is CS(=O)(=O)N1C2CCC1CC(NC(=O)c1ccnc(-c3ccccc3)n1)C2. The molecule has 0 aliphatic carbocycles. The Morgan fingerprint density at radius 1 is 1.11 bits per heavy atom. The lowest BCUT2D eigenvalue weighted by Gasteiger charge is -2.37. The number of fused-ring (bicyclic) bond motifs is 2. The quantitative estimate of drug-likeness (QED) is 0.865. The minimum absolute atomic E-state index is 0.0191. The van der Waals surface area contributed by atoms with Crippen molar-refractivity contribution in [2.45, 2.75) is 43.8 Å². The molecule has 8 heteroatoms. The van der Waals surface area contributed by atoms with Crippen molar-refractivity contribution < 1.29 is 13.2 Å². The first kappa shape index (κ1) is 18.1. The van der Waals surface area contributed by atoms with Gasteiger partial charge in [0.05, 0.1) is 6.26 Å². The van der Waals surface area contributed by atoms with Crippen molar-refractivity contribution >= 4 is 15.9 Å². The Kier molecular flexibility index (Phi) is 4.69.